The molecule has 1 aliphatic rings. The van der Waals surface area contributed by atoms with Gasteiger partial charge in [-0.2, -0.15) is 0 Å². The average Bonchev–Trinajstić information content (AvgIpc) is 2.82. The summed E-state index contributed by atoms with van der Waals surface area (Å²) < 4.78 is 0. The lowest BCUT2D eigenvalue weighted by atomic mass is 10.0. The zero-order valence-electron chi connectivity index (χ0n) is 20.2. The van der Waals surface area contributed by atoms with E-state index < -0.39 is 0 Å². The minimum absolute atomic E-state index is 0.0451. The molecule has 3 aromatic rings. The highest BCUT2D eigenvalue weighted by atomic mass is 16.2. The fourth-order valence-corrected chi connectivity index (χ4v) is 4.40. The SMILES string of the molecule is Cc1cccc(NC(=O)N2CCN(c3nc(-c4ccccc4)nc(C)c3C(C)C)CC2)c1C. The molecule has 0 saturated carbocycles. The molecular formula is C27H33N5O. The largest absolute Gasteiger partial charge is 0.353 e. The first-order valence-corrected chi connectivity index (χ1v) is 11.7. The summed E-state index contributed by atoms with van der Waals surface area (Å²) >= 11 is 0. The number of hydrogen-bond acceptors (Lipinski definition) is 4. The standard InChI is InChI=1S/C27H33N5O/c1-18(2)24-21(5)28-25(22-11-7-6-8-12-22)30-26(24)31-14-16-32(17-15-31)27(33)29-23-13-9-10-19(3)20(23)4/h6-13,18H,14-17H2,1-5H3,(H,29,33). The Hall–Kier alpha value is -3.41. The molecule has 2 heterocycles. The number of nitrogens with zero attached hydrogens (tertiary/aromatic N) is 4. The van der Waals surface area contributed by atoms with Crippen LogP contribution in [-0.4, -0.2) is 47.1 Å². The second-order valence-electron chi connectivity index (χ2n) is 9.04. The Morgan fingerprint density at radius 1 is 0.909 bits per heavy atom. The number of carbonyl (C=O) groups is 1. The summed E-state index contributed by atoms with van der Waals surface area (Å²) in [6, 6.07) is 16.1. The zero-order valence-corrected chi connectivity index (χ0v) is 20.2. The van der Waals surface area contributed by atoms with Gasteiger partial charge >= 0.3 is 6.03 Å². The molecule has 4 rings (SSSR count). The van der Waals surface area contributed by atoms with Crippen molar-refractivity contribution in [1.82, 2.24) is 14.9 Å². The van der Waals surface area contributed by atoms with Crippen LogP contribution in [-0.2, 0) is 0 Å². The fraction of sp³-hybridized carbons (Fsp3) is 0.370. The molecule has 1 fully saturated rings. The number of carbonyl (C=O) groups excluding carboxylic acids is 1. The molecule has 2 amide bonds. The van der Waals surface area contributed by atoms with Crippen LogP contribution >= 0.6 is 0 Å². The quantitative estimate of drug-likeness (QED) is 0.575. The first-order chi connectivity index (χ1) is 15.8. The average molecular weight is 444 g/mol. The van der Waals surface area contributed by atoms with E-state index >= 15 is 0 Å². The smallest absolute Gasteiger partial charge is 0.321 e. The lowest BCUT2D eigenvalue weighted by Crippen LogP contribution is -2.50. The Morgan fingerprint density at radius 3 is 2.27 bits per heavy atom. The molecule has 0 bridgehead atoms. The van der Waals surface area contributed by atoms with Gasteiger partial charge < -0.3 is 15.1 Å². The van der Waals surface area contributed by atoms with Crippen LogP contribution in [0.2, 0.25) is 0 Å². The minimum atomic E-state index is -0.0451. The maximum atomic E-state index is 12.9. The van der Waals surface area contributed by atoms with Crippen LogP contribution < -0.4 is 10.2 Å². The van der Waals surface area contributed by atoms with E-state index in [9.17, 15) is 4.79 Å². The van der Waals surface area contributed by atoms with Crippen LogP contribution in [0.25, 0.3) is 11.4 Å². The van der Waals surface area contributed by atoms with Gasteiger partial charge in [-0.3, -0.25) is 0 Å². The summed E-state index contributed by atoms with van der Waals surface area (Å²) in [5.74, 6) is 2.06. The maximum Gasteiger partial charge on any atom is 0.321 e. The van der Waals surface area contributed by atoms with E-state index in [1.807, 2.05) is 54.3 Å². The van der Waals surface area contributed by atoms with E-state index in [0.29, 0.717) is 19.0 Å². The molecule has 0 radical (unpaired) electrons. The number of aryl methyl sites for hydroxylation is 2. The van der Waals surface area contributed by atoms with Crippen molar-refractivity contribution in [2.45, 2.75) is 40.5 Å². The monoisotopic (exact) mass is 443 g/mol. The summed E-state index contributed by atoms with van der Waals surface area (Å²) in [5, 5.41) is 3.09. The second kappa shape index (κ2) is 9.61. The van der Waals surface area contributed by atoms with Gasteiger partial charge in [-0.1, -0.05) is 56.3 Å². The zero-order chi connectivity index (χ0) is 23.5. The number of hydrogen-bond donors (Lipinski definition) is 1. The van der Waals surface area contributed by atoms with Crippen molar-refractivity contribution in [2.75, 3.05) is 36.4 Å². The molecule has 1 N–H and O–H groups in total. The van der Waals surface area contributed by atoms with E-state index in [4.69, 9.17) is 9.97 Å². The van der Waals surface area contributed by atoms with Crippen molar-refractivity contribution < 1.29 is 4.79 Å². The number of benzene rings is 2. The minimum Gasteiger partial charge on any atom is -0.353 e. The Balaban J connectivity index is 1.52. The van der Waals surface area contributed by atoms with Gasteiger partial charge in [0.25, 0.3) is 0 Å². The van der Waals surface area contributed by atoms with E-state index in [0.717, 1.165) is 47.2 Å². The van der Waals surface area contributed by atoms with Crippen LogP contribution in [0.4, 0.5) is 16.3 Å². The summed E-state index contributed by atoms with van der Waals surface area (Å²) in [5.41, 5.74) is 6.38. The highest BCUT2D eigenvalue weighted by Crippen LogP contribution is 2.31. The van der Waals surface area contributed by atoms with E-state index in [1.54, 1.807) is 0 Å². The van der Waals surface area contributed by atoms with Crippen molar-refractivity contribution >= 4 is 17.5 Å². The third-order valence-electron chi connectivity index (χ3n) is 6.44. The van der Waals surface area contributed by atoms with Crippen molar-refractivity contribution in [1.29, 1.82) is 0 Å². The Bertz CT molecular complexity index is 1130. The lowest BCUT2D eigenvalue weighted by molar-refractivity contribution is 0.208. The number of rotatable bonds is 4. The van der Waals surface area contributed by atoms with Gasteiger partial charge in [0.05, 0.1) is 0 Å². The molecule has 1 aliphatic heterocycles. The van der Waals surface area contributed by atoms with Gasteiger partial charge in [0, 0.05) is 48.7 Å². The van der Waals surface area contributed by atoms with Crippen LogP contribution in [0.3, 0.4) is 0 Å². The third kappa shape index (κ3) is 4.85. The highest BCUT2D eigenvalue weighted by Gasteiger charge is 2.26. The highest BCUT2D eigenvalue weighted by molar-refractivity contribution is 5.90. The first kappa shape index (κ1) is 22.8. The summed E-state index contributed by atoms with van der Waals surface area (Å²) in [6.45, 7) is 13.3. The predicted molar refractivity (Wildman–Crippen MR) is 135 cm³/mol. The van der Waals surface area contributed by atoms with Crippen molar-refractivity contribution in [3.8, 4) is 11.4 Å². The Kier molecular flexibility index (Phi) is 6.63. The van der Waals surface area contributed by atoms with Gasteiger partial charge in [-0.15, -0.1) is 0 Å². The maximum absolute atomic E-state index is 12.9. The van der Waals surface area contributed by atoms with Crippen molar-refractivity contribution in [3.05, 3.63) is 70.9 Å². The number of anilines is 2. The van der Waals surface area contributed by atoms with Crippen LogP contribution in [0, 0.1) is 20.8 Å². The molecule has 0 unspecified atom stereocenters. The summed E-state index contributed by atoms with van der Waals surface area (Å²) in [7, 11) is 0. The van der Waals surface area contributed by atoms with Crippen LogP contribution in [0.15, 0.2) is 48.5 Å². The molecule has 0 spiro atoms. The molecule has 1 saturated heterocycles. The van der Waals surface area contributed by atoms with Gasteiger partial charge in [-0.05, 0) is 43.9 Å². The number of amides is 2. The molecule has 0 aliphatic carbocycles. The van der Waals surface area contributed by atoms with Gasteiger partial charge in [-0.25, -0.2) is 14.8 Å². The fourth-order valence-electron chi connectivity index (χ4n) is 4.40. The number of urea groups is 1. The molecule has 6 nitrogen and oxygen atoms in total. The third-order valence-corrected chi connectivity index (χ3v) is 6.44. The predicted octanol–water partition coefficient (Wildman–Crippen LogP) is 5.55. The second-order valence-corrected chi connectivity index (χ2v) is 9.04. The first-order valence-electron chi connectivity index (χ1n) is 11.7. The molecule has 1 aromatic heterocycles. The topological polar surface area (TPSA) is 61.4 Å². The van der Waals surface area contributed by atoms with Crippen molar-refractivity contribution in [3.63, 3.8) is 0 Å². The number of aromatic nitrogens is 2. The van der Waals surface area contributed by atoms with E-state index in [2.05, 4.69) is 44.0 Å². The van der Waals surface area contributed by atoms with Gasteiger partial charge in [0.1, 0.15) is 5.82 Å². The van der Waals surface area contributed by atoms with E-state index in [1.165, 1.54) is 11.1 Å². The Morgan fingerprint density at radius 2 is 1.61 bits per heavy atom. The molecular weight excluding hydrogens is 410 g/mol. The summed E-state index contributed by atoms with van der Waals surface area (Å²) in [4.78, 5) is 26.9. The molecule has 0 atom stereocenters. The van der Waals surface area contributed by atoms with Crippen molar-refractivity contribution in [2.24, 2.45) is 0 Å². The molecule has 2 aromatic carbocycles. The van der Waals surface area contributed by atoms with Gasteiger partial charge in [0.2, 0.25) is 0 Å². The lowest BCUT2D eigenvalue weighted by Gasteiger charge is -2.37. The van der Waals surface area contributed by atoms with Crippen LogP contribution in [0.5, 0.6) is 0 Å². The molecule has 6 heteroatoms. The molecule has 172 valence electrons. The normalized spacial score (nSPS) is 14.0. The van der Waals surface area contributed by atoms with E-state index in [-0.39, 0.29) is 6.03 Å². The Labute approximate surface area is 196 Å². The summed E-state index contributed by atoms with van der Waals surface area (Å²) in [6.07, 6.45) is 0. The van der Waals surface area contributed by atoms with Crippen LogP contribution in [0.1, 0.15) is 42.1 Å². The number of piperazine rings is 1. The van der Waals surface area contributed by atoms with Gasteiger partial charge in [0.15, 0.2) is 5.82 Å². The molecule has 33 heavy (non-hydrogen) atoms. The number of nitrogens with one attached hydrogen (secondary N) is 1.